The lowest BCUT2D eigenvalue weighted by molar-refractivity contribution is -0.136. The standard InChI is InChI=1S/C13H19N5O4/c1-4-7-18-9-10(15-12(18)14-6-5-8(19)20)16(2)13(22)17(3)11(9)21/h4-7H2,1-3H3,(H,14,15)(H,19,20). The van der Waals surface area contributed by atoms with Gasteiger partial charge >= 0.3 is 11.7 Å². The number of carboxylic acid groups (broad SMARTS) is 1. The van der Waals surface area contributed by atoms with Crippen LogP contribution in [0.4, 0.5) is 5.95 Å². The average Bonchev–Trinajstić information content (AvgIpc) is 2.82. The molecule has 0 atom stereocenters. The first-order valence-electron chi connectivity index (χ1n) is 7.00. The van der Waals surface area contributed by atoms with E-state index in [1.807, 2.05) is 6.92 Å². The maximum atomic E-state index is 12.4. The zero-order valence-electron chi connectivity index (χ0n) is 12.8. The monoisotopic (exact) mass is 309 g/mol. The average molecular weight is 309 g/mol. The minimum Gasteiger partial charge on any atom is -0.481 e. The number of nitrogens with one attached hydrogen (secondary N) is 1. The van der Waals surface area contributed by atoms with Gasteiger partial charge in [0.25, 0.3) is 5.56 Å². The number of rotatable bonds is 6. The molecule has 0 bridgehead atoms. The first-order valence-corrected chi connectivity index (χ1v) is 7.00. The van der Waals surface area contributed by atoms with E-state index in [-0.39, 0.29) is 13.0 Å². The molecule has 0 spiro atoms. The Bertz CT molecular complexity index is 830. The van der Waals surface area contributed by atoms with E-state index < -0.39 is 17.2 Å². The van der Waals surface area contributed by atoms with Crippen molar-refractivity contribution in [3.63, 3.8) is 0 Å². The molecular weight excluding hydrogens is 290 g/mol. The Kier molecular flexibility index (Phi) is 4.34. The molecule has 2 rings (SSSR count). The molecule has 0 aliphatic rings. The number of imidazole rings is 1. The number of fused-ring (bicyclic) bond motifs is 1. The van der Waals surface area contributed by atoms with Crippen LogP contribution < -0.4 is 16.6 Å². The minimum absolute atomic E-state index is 0.0632. The van der Waals surface area contributed by atoms with Crippen molar-refractivity contribution in [2.24, 2.45) is 14.1 Å². The van der Waals surface area contributed by atoms with Crippen molar-refractivity contribution >= 4 is 23.1 Å². The second kappa shape index (κ2) is 6.04. The SMILES string of the molecule is CCCn1c(NCCC(=O)O)nc2c1c(=O)n(C)c(=O)n2C. The summed E-state index contributed by atoms with van der Waals surface area (Å²) in [5.41, 5.74) is -0.232. The first-order chi connectivity index (χ1) is 10.4. The number of anilines is 1. The van der Waals surface area contributed by atoms with Crippen molar-refractivity contribution in [2.75, 3.05) is 11.9 Å². The van der Waals surface area contributed by atoms with Crippen LogP contribution in [0.1, 0.15) is 19.8 Å². The molecule has 0 aromatic carbocycles. The van der Waals surface area contributed by atoms with Crippen LogP contribution in [0, 0.1) is 0 Å². The molecule has 9 nitrogen and oxygen atoms in total. The molecule has 9 heteroatoms. The van der Waals surface area contributed by atoms with Gasteiger partial charge in [-0.1, -0.05) is 6.92 Å². The van der Waals surface area contributed by atoms with Gasteiger partial charge in [0.1, 0.15) is 0 Å². The smallest absolute Gasteiger partial charge is 0.332 e. The molecule has 2 N–H and O–H groups in total. The zero-order valence-corrected chi connectivity index (χ0v) is 12.8. The molecule has 0 amide bonds. The van der Waals surface area contributed by atoms with E-state index in [2.05, 4.69) is 10.3 Å². The number of aliphatic carboxylic acids is 1. The van der Waals surface area contributed by atoms with Crippen molar-refractivity contribution in [3.05, 3.63) is 20.8 Å². The van der Waals surface area contributed by atoms with Gasteiger partial charge in [0.2, 0.25) is 5.95 Å². The van der Waals surface area contributed by atoms with E-state index in [9.17, 15) is 14.4 Å². The van der Waals surface area contributed by atoms with E-state index in [0.717, 1.165) is 11.0 Å². The van der Waals surface area contributed by atoms with E-state index >= 15 is 0 Å². The van der Waals surface area contributed by atoms with Gasteiger partial charge in [-0.2, -0.15) is 4.98 Å². The topological polar surface area (TPSA) is 111 Å². The van der Waals surface area contributed by atoms with Crippen LogP contribution in [-0.2, 0) is 25.4 Å². The number of aryl methyl sites for hydroxylation is 2. The molecule has 0 saturated carbocycles. The van der Waals surface area contributed by atoms with Crippen molar-refractivity contribution in [3.8, 4) is 0 Å². The van der Waals surface area contributed by atoms with Gasteiger partial charge in [-0.15, -0.1) is 0 Å². The highest BCUT2D eigenvalue weighted by Crippen LogP contribution is 2.16. The van der Waals surface area contributed by atoms with Crippen molar-refractivity contribution in [2.45, 2.75) is 26.3 Å². The maximum absolute atomic E-state index is 12.4. The third-order valence-electron chi connectivity index (χ3n) is 3.42. The summed E-state index contributed by atoms with van der Waals surface area (Å²) >= 11 is 0. The Morgan fingerprint density at radius 2 is 1.95 bits per heavy atom. The van der Waals surface area contributed by atoms with Gasteiger partial charge in [-0.3, -0.25) is 18.7 Å². The Morgan fingerprint density at radius 3 is 2.55 bits per heavy atom. The third-order valence-corrected chi connectivity index (χ3v) is 3.42. The lowest BCUT2D eigenvalue weighted by Gasteiger charge is -2.09. The molecule has 120 valence electrons. The highest BCUT2D eigenvalue weighted by Gasteiger charge is 2.18. The summed E-state index contributed by atoms with van der Waals surface area (Å²) < 4.78 is 4.04. The van der Waals surface area contributed by atoms with Crippen LogP contribution in [0.25, 0.3) is 11.2 Å². The number of aromatic nitrogens is 4. The van der Waals surface area contributed by atoms with E-state index in [0.29, 0.717) is 23.7 Å². The van der Waals surface area contributed by atoms with Crippen molar-refractivity contribution in [1.29, 1.82) is 0 Å². The highest BCUT2D eigenvalue weighted by molar-refractivity contribution is 5.74. The van der Waals surface area contributed by atoms with Crippen LogP contribution >= 0.6 is 0 Å². The van der Waals surface area contributed by atoms with Gasteiger partial charge in [-0.05, 0) is 6.42 Å². The predicted molar refractivity (Wildman–Crippen MR) is 81.2 cm³/mol. The van der Waals surface area contributed by atoms with Gasteiger partial charge in [0.15, 0.2) is 11.2 Å². The third kappa shape index (κ3) is 2.61. The van der Waals surface area contributed by atoms with Crippen LogP contribution in [0.2, 0.25) is 0 Å². The number of nitrogens with zero attached hydrogens (tertiary/aromatic N) is 4. The second-order valence-electron chi connectivity index (χ2n) is 5.04. The molecule has 2 aromatic heterocycles. The molecule has 22 heavy (non-hydrogen) atoms. The summed E-state index contributed by atoms with van der Waals surface area (Å²) in [7, 11) is 2.97. The molecule has 2 aromatic rings. The van der Waals surface area contributed by atoms with Crippen LogP contribution in [0.3, 0.4) is 0 Å². The summed E-state index contributed by atoms with van der Waals surface area (Å²) in [6.07, 6.45) is 0.706. The fourth-order valence-corrected chi connectivity index (χ4v) is 2.30. The minimum atomic E-state index is -0.922. The molecule has 0 aliphatic carbocycles. The van der Waals surface area contributed by atoms with Crippen molar-refractivity contribution in [1.82, 2.24) is 18.7 Å². The lowest BCUT2D eigenvalue weighted by atomic mass is 10.4. The number of hydrogen-bond acceptors (Lipinski definition) is 5. The summed E-state index contributed by atoms with van der Waals surface area (Å²) in [5.74, 6) is -0.523. The van der Waals surface area contributed by atoms with Crippen LogP contribution in [0.15, 0.2) is 9.59 Å². The molecule has 0 radical (unpaired) electrons. The van der Waals surface area contributed by atoms with Gasteiger partial charge < -0.3 is 15.0 Å². The summed E-state index contributed by atoms with van der Waals surface area (Å²) in [4.78, 5) is 39.2. The number of carboxylic acids is 1. The zero-order chi connectivity index (χ0) is 16.4. The molecule has 0 aliphatic heterocycles. The Morgan fingerprint density at radius 1 is 1.27 bits per heavy atom. The fraction of sp³-hybridized carbons (Fsp3) is 0.538. The Balaban J connectivity index is 2.62. The summed E-state index contributed by atoms with van der Waals surface area (Å²) in [6, 6.07) is 0. The van der Waals surface area contributed by atoms with Crippen molar-refractivity contribution < 1.29 is 9.90 Å². The summed E-state index contributed by atoms with van der Waals surface area (Å²) in [5, 5.41) is 11.6. The molecule has 0 fully saturated rings. The Labute approximate surface area is 125 Å². The van der Waals surface area contributed by atoms with E-state index in [1.54, 1.807) is 11.6 Å². The number of hydrogen-bond donors (Lipinski definition) is 2. The summed E-state index contributed by atoms with van der Waals surface area (Å²) in [6.45, 7) is 2.69. The van der Waals surface area contributed by atoms with E-state index in [1.165, 1.54) is 11.6 Å². The lowest BCUT2D eigenvalue weighted by Crippen LogP contribution is -2.37. The van der Waals surface area contributed by atoms with E-state index in [4.69, 9.17) is 5.11 Å². The van der Waals surface area contributed by atoms with Crippen LogP contribution in [0.5, 0.6) is 0 Å². The first kappa shape index (κ1) is 15.8. The highest BCUT2D eigenvalue weighted by atomic mass is 16.4. The molecule has 0 unspecified atom stereocenters. The second-order valence-corrected chi connectivity index (χ2v) is 5.04. The molecular formula is C13H19N5O4. The number of carbonyl (C=O) groups is 1. The Hall–Kier alpha value is -2.58. The largest absolute Gasteiger partial charge is 0.481 e. The van der Waals surface area contributed by atoms with Gasteiger partial charge in [-0.25, -0.2) is 4.79 Å². The van der Waals surface area contributed by atoms with Gasteiger partial charge in [0, 0.05) is 27.2 Å². The quantitative estimate of drug-likeness (QED) is 0.760. The fourth-order valence-electron chi connectivity index (χ4n) is 2.30. The maximum Gasteiger partial charge on any atom is 0.332 e. The van der Waals surface area contributed by atoms with Crippen LogP contribution in [-0.4, -0.2) is 36.3 Å². The predicted octanol–water partition coefficient (Wildman–Crippen LogP) is -0.270. The van der Waals surface area contributed by atoms with Gasteiger partial charge in [0.05, 0.1) is 6.42 Å². The molecule has 2 heterocycles. The molecule has 0 saturated heterocycles. The normalized spacial score (nSPS) is 11.0.